The van der Waals surface area contributed by atoms with Crippen LogP contribution in [0.15, 0.2) is 12.2 Å². The zero-order valence-corrected chi connectivity index (χ0v) is 9.09. The summed E-state index contributed by atoms with van der Waals surface area (Å²) in [5, 5.41) is 0. The van der Waals surface area contributed by atoms with Gasteiger partial charge in [-0.05, 0) is 12.8 Å². The predicted octanol–water partition coefficient (Wildman–Crippen LogP) is 2.45. The second-order valence-electron chi connectivity index (χ2n) is 2.48. The third-order valence-corrected chi connectivity index (χ3v) is 1.96. The average Bonchev–Trinajstić information content (AvgIpc) is 2.03. The van der Waals surface area contributed by atoms with Crippen LogP contribution in [0.3, 0.4) is 0 Å². The molecule has 0 aliphatic heterocycles. The lowest BCUT2D eigenvalue weighted by atomic mass is 10.1. The first-order valence-electron chi connectivity index (χ1n) is 3.77. The molecule has 1 unspecified atom stereocenters. The molecule has 1 amide bonds. The number of allylic oxidation sites excluding steroid dienone is 2. The number of halogens is 1. The Hall–Kier alpha value is -0.0600. The summed E-state index contributed by atoms with van der Waals surface area (Å²) in [6.45, 7) is 4.01. The largest absolute Gasteiger partial charge is 0.299 e. The van der Waals surface area contributed by atoms with Gasteiger partial charge in [0.15, 0.2) is 0 Å². The predicted molar refractivity (Wildman–Crippen MR) is 55.4 cm³/mol. The fourth-order valence-corrected chi connectivity index (χ4v) is 1.20. The van der Waals surface area contributed by atoms with Gasteiger partial charge in [0.1, 0.15) is 0 Å². The molecule has 1 N–H and O–H groups in total. The lowest BCUT2D eigenvalue weighted by molar-refractivity contribution is -0.122. The number of amides is 1. The number of hydrogen-bond acceptors (Lipinski definition) is 1. The first-order chi connectivity index (χ1) is 5.22. The zero-order chi connectivity index (χ0) is 8.69. The first-order valence-corrected chi connectivity index (χ1v) is 4.85. The maximum atomic E-state index is 11.0. The van der Waals surface area contributed by atoms with Crippen LogP contribution in [-0.4, -0.2) is 5.91 Å². The highest BCUT2D eigenvalue weighted by Gasteiger charge is 2.08. The molecule has 0 aliphatic carbocycles. The van der Waals surface area contributed by atoms with Crippen molar-refractivity contribution >= 4 is 28.8 Å². The van der Waals surface area contributed by atoms with Crippen molar-refractivity contribution in [2.75, 3.05) is 0 Å². The van der Waals surface area contributed by atoms with Crippen LogP contribution in [0.1, 0.15) is 26.7 Å². The lowest BCUT2D eigenvalue weighted by Crippen LogP contribution is -2.20. The minimum Gasteiger partial charge on any atom is -0.299 e. The van der Waals surface area contributed by atoms with Gasteiger partial charge >= 0.3 is 0 Å². The molecule has 0 spiro atoms. The van der Waals surface area contributed by atoms with E-state index in [2.05, 4.69) is 22.6 Å². The van der Waals surface area contributed by atoms with Gasteiger partial charge in [0, 0.05) is 5.92 Å². The van der Waals surface area contributed by atoms with E-state index in [4.69, 9.17) is 0 Å². The second kappa shape index (κ2) is 6.64. The highest BCUT2D eigenvalue weighted by molar-refractivity contribution is 14.1. The van der Waals surface area contributed by atoms with Crippen LogP contribution in [-0.2, 0) is 4.79 Å². The van der Waals surface area contributed by atoms with Gasteiger partial charge in [-0.2, -0.15) is 0 Å². The quantitative estimate of drug-likeness (QED) is 0.473. The Labute approximate surface area is 81.9 Å². The van der Waals surface area contributed by atoms with Crippen molar-refractivity contribution in [2.45, 2.75) is 26.7 Å². The van der Waals surface area contributed by atoms with Crippen LogP contribution >= 0.6 is 22.9 Å². The molecule has 64 valence electrons. The Morgan fingerprint density at radius 1 is 1.64 bits per heavy atom. The number of nitrogens with one attached hydrogen (secondary N) is 1. The molecule has 0 aromatic heterocycles. The van der Waals surface area contributed by atoms with Crippen LogP contribution in [0.25, 0.3) is 0 Å². The number of hydrogen-bond donors (Lipinski definition) is 1. The third kappa shape index (κ3) is 5.24. The summed E-state index contributed by atoms with van der Waals surface area (Å²) in [5.41, 5.74) is 0. The number of rotatable bonds is 4. The number of carbonyl (C=O) groups excluding carboxylic acids is 1. The minimum atomic E-state index is 0.0923. The lowest BCUT2D eigenvalue weighted by Gasteiger charge is -2.03. The van der Waals surface area contributed by atoms with Crippen molar-refractivity contribution in [1.29, 1.82) is 0 Å². The van der Waals surface area contributed by atoms with Gasteiger partial charge in [-0.15, -0.1) is 0 Å². The van der Waals surface area contributed by atoms with Gasteiger partial charge in [0.25, 0.3) is 0 Å². The van der Waals surface area contributed by atoms with Crippen LogP contribution in [0.2, 0.25) is 0 Å². The summed E-state index contributed by atoms with van der Waals surface area (Å²) >= 11 is 1.87. The van der Waals surface area contributed by atoms with Crippen molar-refractivity contribution in [3.8, 4) is 0 Å². The van der Waals surface area contributed by atoms with Crippen molar-refractivity contribution in [3.05, 3.63) is 12.2 Å². The van der Waals surface area contributed by atoms with Gasteiger partial charge in [0.2, 0.25) is 5.91 Å². The van der Waals surface area contributed by atoms with Gasteiger partial charge < -0.3 is 0 Å². The molecule has 0 rings (SSSR count). The molecule has 0 saturated carbocycles. The maximum absolute atomic E-state index is 11.0. The SMILES string of the molecule is CC/C=C/CC(C)C(=O)NI. The summed E-state index contributed by atoms with van der Waals surface area (Å²) in [7, 11) is 0. The van der Waals surface area contributed by atoms with E-state index in [1.54, 1.807) is 0 Å². The Morgan fingerprint density at radius 3 is 2.73 bits per heavy atom. The van der Waals surface area contributed by atoms with Gasteiger partial charge in [-0.3, -0.25) is 8.32 Å². The molecule has 0 fully saturated rings. The highest BCUT2D eigenvalue weighted by Crippen LogP contribution is 2.03. The topological polar surface area (TPSA) is 29.1 Å². The molecule has 0 bridgehead atoms. The van der Waals surface area contributed by atoms with Gasteiger partial charge in [-0.1, -0.05) is 26.0 Å². The van der Waals surface area contributed by atoms with Crippen LogP contribution in [0.5, 0.6) is 0 Å². The van der Waals surface area contributed by atoms with Gasteiger partial charge in [-0.25, -0.2) is 0 Å². The van der Waals surface area contributed by atoms with Gasteiger partial charge in [0.05, 0.1) is 22.9 Å². The molecule has 0 heterocycles. The van der Waals surface area contributed by atoms with Crippen LogP contribution < -0.4 is 3.53 Å². The van der Waals surface area contributed by atoms with E-state index in [0.29, 0.717) is 0 Å². The molecule has 0 aromatic rings. The van der Waals surface area contributed by atoms with E-state index >= 15 is 0 Å². The van der Waals surface area contributed by atoms with Crippen molar-refractivity contribution < 1.29 is 4.79 Å². The molecule has 0 aromatic carbocycles. The smallest absolute Gasteiger partial charge is 0.231 e. The number of carbonyl (C=O) groups is 1. The van der Waals surface area contributed by atoms with E-state index in [-0.39, 0.29) is 11.8 Å². The summed E-state index contributed by atoms with van der Waals surface area (Å²) in [4.78, 5) is 11.0. The fourth-order valence-electron chi connectivity index (χ4n) is 0.667. The van der Waals surface area contributed by atoms with E-state index in [9.17, 15) is 4.79 Å². The normalized spacial score (nSPS) is 13.4. The molecular weight excluding hydrogens is 253 g/mol. The van der Waals surface area contributed by atoms with Crippen molar-refractivity contribution in [2.24, 2.45) is 5.92 Å². The monoisotopic (exact) mass is 267 g/mol. The Morgan fingerprint density at radius 2 is 2.27 bits per heavy atom. The van der Waals surface area contributed by atoms with Crippen molar-refractivity contribution in [3.63, 3.8) is 0 Å². The molecule has 2 nitrogen and oxygen atoms in total. The van der Waals surface area contributed by atoms with E-state index in [1.807, 2.05) is 29.8 Å². The molecule has 11 heavy (non-hydrogen) atoms. The molecule has 1 atom stereocenters. The average molecular weight is 267 g/mol. The Balaban J connectivity index is 3.59. The van der Waals surface area contributed by atoms with E-state index in [0.717, 1.165) is 12.8 Å². The van der Waals surface area contributed by atoms with E-state index < -0.39 is 0 Å². The van der Waals surface area contributed by atoms with Crippen molar-refractivity contribution in [1.82, 2.24) is 3.53 Å². The molecule has 0 saturated heterocycles. The highest BCUT2D eigenvalue weighted by atomic mass is 127. The van der Waals surface area contributed by atoms with E-state index in [1.165, 1.54) is 0 Å². The van der Waals surface area contributed by atoms with Crippen LogP contribution in [0.4, 0.5) is 0 Å². The fraction of sp³-hybridized carbons (Fsp3) is 0.625. The zero-order valence-electron chi connectivity index (χ0n) is 6.93. The summed E-state index contributed by atoms with van der Waals surface area (Å²) in [6, 6.07) is 0. The Bertz CT molecular complexity index is 145. The minimum absolute atomic E-state index is 0.0923. The standard InChI is InChI=1S/C8H14INO/c1-3-4-5-6-7(2)8(11)10-9/h4-5,7H,3,6H2,1-2H3,(H,10,11)/b5-4+. The Kier molecular flexibility index (Phi) is 6.60. The maximum Gasteiger partial charge on any atom is 0.231 e. The molecular formula is C8H14INO. The second-order valence-corrected chi connectivity index (χ2v) is 3.01. The van der Waals surface area contributed by atoms with Crippen LogP contribution in [0, 0.1) is 5.92 Å². The molecule has 0 aliphatic rings. The third-order valence-electron chi connectivity index (χ3n) is 1.43. The molecule has 0 radical (unpaired) electrons. The summed E-state index contributed by atoms with van der Waals surface area (Å²) in [5.74, 6) is 0.195. The first kappa shape index (κ1) is 10.9. The molecule has 3 heteroatoms. The summed E-state index contributed by atoms with van der Waals surface area (Å²) < 4.78 is 2.59. The summed E-state index contributed by atoms with van der Waals surface area (Å²) in [6.07, 6.45) is 6.01.